The van der Waals surface area contributed by atoms with Crippen LogP contribution in [-0.4, -0.2) is 23.8 Å². The van der Waals surface area contributed by atoms with Gasteiger partial charge in [-0.15, -0.1) is 0 Å². The highest BCUT2D eigenvalue weighted by Gasteiger charge is 2.24. The summed E-state index contributed by atoms with van der Waals surface area (Å²) in [6.07, 6.45) is 1.08. The van der Waals surface area contributed by atoms with Crippen molar-refractivity contribution in [2.45, 2.75) is 53.6 Å². The van der Waals surface area contributed by atoms with Crippen molar-refractivity contribution < 1.29 is 19.7 Å². The van der Waals surface area contributed by atoms with Crippen LogP contribution in [0.5, 0.6) is 0 Å². The van der Waals surface area contributed by atoms with E-state index < -0.39 is 5.41 Å². The third-order valence-corrected chi connectivity index (χ3v) is 2.25. The predicted octanol–water partition coefficient (Wildman–Crippen LogP) is 2.30. The number of carbonyl (C=O) groups is 1. The molecular formula is C12H24O4. The molecule has 0 aromatic carbocycles. The number of aliphatic hydroxyl groups excluding tert-OH is 1. The SMILES string of the molecule is CCC(O)CC(C)COOC(=O)C(C)(C)C. The molecule has 0 aliphatic rings. The minimum absolute atomic E-state index is 0.169. The van der Waals surface area contributed by atoms with Gasteiger partial charge in [0.1, 0.15) is 0 Å². The van der Waals surface area contributed by atoms with Crippen LogP contribution in [0, 0.1) is 11.3 Å². The van der Waals surface area contributed by atoms with Crippen LogP contribution in [0.1, 0.15) is 47.5 Å². The smallest absolute Gasteiger partial charge is 0.347 e. The second-order valence-electron chi connectivity index (χ2n) is 5.31. The van der Waals surface area contributed by atoms with E-state index in [4.69, 9.17) is 4.89 Å². The van der Waals surface area contributed by atoms with E-state index in [9.17, 15) is 9.90 Å². The zero-order valence-corrected chi connectivity index (χ0v) is 10.9. The fourth-order valence-corrected chi connectivity index (χ4v) is 1.03. The molecule has 0 fully saturated rings. The van der Waals surface area contributed by atoms with Gasteiger partial charge in [0.2, 0.25) is 0 Å². The van der Waals surface area contributed by atoms with E-state index >= 15 is 0 Å². The Morgan fingerprint density at radius 1 is 1.38 bits per heavy atom. The van der Waals surface area contributed by atoms with Crippen LogP contribution in [0.4, 0.5) is 0 Å². The van der Waals surface area contributed by atoms with E-state index in [1.807, 2.05) is 13.8 Å². The monoisotopic (exact) mass is 232 g/mol. The topological polar surface area (TPSA) is 55.8 Å². The Morgan fingerprint density at radius 3 is 2.38 bits per heavy atom. The molecule has 0 heterocycles. The standard InChI is InChI=1S/C12H24O4/c1-6-10(13)7-9(2)8-15-16-11(14)12(3,4)5/h9-10,13H,6-8H2,1-5H3. The second-order valence-corrected chi connectivity index (χ2v) is 5.31. The first-order valence-electron chi connectivity index (χ1n) is 5.79. The molecule has 4 nitrogen and oxygen atoms in total. The highest BCUT2D eigenvalue weighted by Crippen LogP contribution is 2.16. The number of carbonyl (C=O) groups excluding carboxylic acids is 1. The van der Waals surface area contributed by atoms with Crippen molar-refractivity contribution in [1.29, 1.82) is 0 Å². The minimum Gasteiger partial charge on any atom is -0.393 e. The molecule has 0 bridgehead atoms. The van der Waals surface area contributed by atoms with Gasteiger partial charge >= 0.3 is 5.97 Å². The third-order valence-electron chi connectivity index (χ3n) is 2.25. The zero-order valence-electron chi connectivity index (χ0n) is 10.9. The van der Waals surface area contributed by atoms with Gasteiger partial charge in [-0.1, -0.05) is 13.8 Å². The van der Waals surface area contributed by atoms with Crippen molar-refractivity contribution in [2.24, 2.45) is 11.3 Å². The fraction of sp³-hybridized carbons (Fsp3) is 0.917. The third kappa shape index (κ3) is 6.80. The maximum Gasteiger partial charge on any atom is 0.347 e. The van der Waals surface area contributed by atoms with E-state index in [1.54, 1.807) is 20.8 Å². The maximum atomic E-state index is 11.3. The molecule has 1 N–H and O–H groups in total. The summed E-state index contributed by atoms with van der Waals surface area (Å²) >= 11 is 0. The summed E-state index contributed by atoms with van der Waals surface area (Å²) < 4.78 is 0. The van der Waals surface area contributed by atoms with Gasteiger partial charge in [0.05, 0.1) is 18.1 Å². The van der Waals surface area contributed by atoms with E-state index in [0.717, 1.165) is 6.42 Å². The Bertz CT molecular complexity index is 208. The molecule has 2 atom stereocenters. The van der Waals surface area contributed by atoms with Crippen molar-refractivity contribution in [3.8, 4) is 0 Å². The number of aliphatic hydroxyl groups is 1. The lowest BCUT2D eigenvalue weighted by molar-refractivity contribution is -0.284. The average Bonchev–Trinajstić information content (AvgIpc) is 2.15. The van der Waals surface area contributed by atoms with Gasteiger partial charge in [0, 0.05) is 0 Å². The Kier molecular flexibility index (Phi) is 6.60. The minimum atomic E-state index is -0.549. The van der Waals surface area contributed by atoms with Crippen molar-refractivity contribution in [1.82, 2.24) is 0 Å². The van der Waals surface area contributed by atoms with Crippen LogP contribution in [-0.2, 0) is 14.6 Å². The first-order valence-corrected chi connectivity index (χ1v) is 5.79. The van der Waals surface area contributed by atoms with Gasteiger partial charge in [0.25, 0.3) is 0 Å². The predicted molar refractivity (Wildman–Crippen MR) is 61.6 cm³/mol. The lowest BCUT2D eigenvalue weighted by Crippen LogP contribution is -2.24. The molecule has 16 heavy (non-hydrogen) atoms. The molecule has 4 heteroatoms. The molecule has 0 amide bonds. The van der Waals surface area contributed by atoms with Gasteiger partial charge in [-0.2, -0.15) is 4.89 Å². The summed E-state index contributed by atoms with van der Waals surface area (Å²) in [5.41, 5.74) is -0.549. The van der Waals surface area contributed by atoms with Gasteiger partial charge < -0.3 is 5.11 Å². The van der Waals surface area contributed by atoms with Crippen LogP contribution in [0.2, 0.25) is 0 Å². The molecule has 0 radical (unpaired) electrons. The number of rotatable bonds is 6. The van der Waals surface area contributed by atoms with Gasteiger partial charge in [-0.25, -0.2) is 4.79 Å². The molecule has 96 valence electrons. The Morgan fingerprint density at radius 2 is 1.94 bits per heavy atom. The molecule has 0 saturated carbocycles. The molecule has 0 aromatic heterocycles. The lowest BCUT2D eigenvalue weighted by atomic mass is 9.98. The van der Waals surface area contributed by atoms with Crippen LogP contribution in [0.3, 0.4) is 0 Å². The van der Waals surface area contributed by atoms with Gasteiger partial charge in [-0.05, 0) is 39.5 Å². The molecule has 0 aromatic rings. The zero-order chi connectivity index (χ0) is 12.8. The highest BCUT2D eigenvalue weighted by atomic mass is 17.2. The first kappa shape index (κ1) is 15.4. The summed E-state index contributed by atoms with van der Waals surface area (Å²) in [6.45, 7) is 9.50. The number of hydrogen-bond donors (Lipinski definition) is 1. The summed E-state index contributed by atoms with van der Waals surface area (Å²) in [6, 6.07) is 0. The average molecular weight is 232 g/mol. The molecule has 0 saturated heterocycles. The van der Waals surface area contributed by atoms with Crippen LogP contribution >= 0.6 is 0 Å². The van der Waals surface area contributed by atoms with Crippen molar-refractivity contribution in [3.05, 3.63) is 0 Å². The quantitative estimate of drug-likeness (QED) is 0.564. The van der Waals surface area contributed by atoms with Crippen LogP contribution < -0.4 is 0 Å². The summed E-state index contributed by atoms with van der Waals surface area (Å²) in [5.74, 6) is -0.210. The summed E-state index contributed by atoms with van der Waals surface area (Å²) in [4.78, 5) is 20.9. The molecule has 2 unspecified atom stereocenters. The first-order chi connectivity index (χ1) is 7.27. The normalized spacial score (nSPS) is 15.6. The second kappa shape index (κ2) is 6.86. The maximum absolute atomic E-state index is 11.3. The van der Waals surface area contributed by atoms with Crippen molar-refractivity contribution >= 4 is 5.97 Å². The molecule has 0 spiro atoms. The Hall–Kier alpha value is -0.610. The summed E-state index contributed by atoms with van der Waals surface area (Å²) in [7, 11) is 0. The molecule has 0 aliphatic heterocycles. The van der Waals surface area contributed by atoms with E-state index in [2.05, 4.69) is 4.89 Å². The number of hydrogen-bond acceptors (Lipinski definition) is 4. The van der Waals surface area contributed by atoms with E-state index in [0.29, 0.717) is 13.0 Å². The van der Waals surface area contributed by atoms with Gasteiger partial charge in [0.15, 0.2) is 0 Å². The fourth-order valence-electron chi connectivity index (χ4n) is 1.03. The largest absolute Gasteiger partial charge is 0.393 e. The van der Waals surface area contributed by atoms with Gasteiger partial charge in [-0.3, -0.25) is 4.89 Å². The Labute approximate surface area is 97.9 Å². The Balaban J connectivity index is 3.70. The highest BCUT2D eigenvalue weighted by molar-refractivity contribution is 5.74. The van der Waals surface area contributed by atoms with Crippen molar-refractivity contribution in [2.75, 3.05) is 6.61 Å². The lowest BCUT2D eigenvalue weighted by Gasteiger charge is -2.17. The molecule has 0 rings (SSSR count). The van der Waals surface area contributed by atoms with Crippen LogP contribution in [0.25, 0.3) is 0 Å². The summed E-state index contributed by atoms with van der Waals surface area (Å²) in [5, 5.41) is 9.40. The van der Waals surface area contributed by atoms with Crippen molar-refractivity contribution in [3.63, 3.8) is 0 Å². The van der Waals surface area contributed by atoms with E-state index in [1.165, 1.54) is 0 Å². The molecular weight excluding hydrogens is 208 g/mol. The molecule has 0 aliphatic carbocycles. The van der Waals surface area contributed by atoms with E-state index in [-0.39, 0.29) is 18.0 Å². The van der Waals surface area contributed by atoms with Crippen LogP contribution in [0.15, 0.2) is 0 Å².